The molecular formula is C29H28N2O4. The van der Waals surface area contributed by atoms with Crippen molar-refractivity contribution in [1.82, 2.24) is 4.98 Å². The van der Waals surface area contributed by atoms with Crippen LogP contribution in [0.1, 0.15) is 36.0 Å². The highest BCUT2D eigenvalue weighted by molar-refractivity contribution is 5.97. The van der Waals surface area contributed by atoms with Gasteiger partial charge in [-0.1, -0.05) is 42.8 Å². The van der Waals surface area contributed by atoms with Gasteiger partial charge in [-0.15, -0.1) is 0 Å². The standard InChI is InChI=1S/C29H28N2O4/c1-4-26(29(33)31-24-9-6-23-17-30-14-13-22(23)16-24)21-7-10-25(11-8-21)34-18-28(32)35-27-12-5-19(2)15-20(27)3/h5-17,26H,4,18H2,1-3H3,(H,31,33). The molecular weight excluding hydrogens is 440 g/mol. The van der Waals surface area contributed by atoms with E-state index in [9.17, 15) is 9.59 Å². The lowest BCUT2D eigenvalue weighted by molar-refractivity contribution is -0.136. The SMILES string of the molecule is CCC(C(=O)Nc1ccc2cnccc2c1)c1ccc(OCC(=O)Oc2ccc(C)cc2C)cc1. The van der Waals surface area contributed by atoms with Gasteiger partial charge in [0.25, 0.3) is 0 Å². The number of esters is 1. The van der Waals surface area contributed by atoms with Crippen molar-refractivity contribution in [3.8, 4) is 11.5 Å². The van der Waals surface area contributed by atoms with Gasteiger partial charge in [0.1, 0.15) is 11.5 Å². The number of fused-ring (bicyclic) bond motifs is 1. The Bertz CT molecular complexity index is 1350. The van der Waals surface area contributed by atoms with Crippen LogP contribution in [0.2, 0.25) is 0 Å². The Morgan fingerprint density at radius 2 is 1.74 bits per heavy atom. The summed E-state index contributed by atoms with van der Waals surface area (Å²) in [4.78, 5) is 29.3. The number of carbonyl (C=O) groups is 2. The minimum Gasteiger partial charge on any atom is -0.482 e. The molecule has 1 aromatic heterocycles. The van der Waals surface area contributed by atoms with Gasteiger partial charge in [0.15, 0.2) is 6.61 Å². The molecule has 4 aromatic rings. The molecule has 4 rings (SSSR count). The van der Waals surface area contributed by atoms with Gasteiger partial charge in [0.2, 0.25) is 5.91 Å². The average molecular weight is 469 g/mol. The number of nitrogens with zero attached hydrogens (tertiary/aromatic N) is 1. The summed E-state index contributed by atoms with van der Waals surface area (Å²) < 4.78 is 11.0. The summed E-state index contributed by atoms with van der Waals surface area (Å²) >= 11 is 0. The van der Waals surface area contributed by atoms with Gasteiger partial charge in [-0.05, 0) is 73.2 Å². The summed E-state index contributed by atoms with van der Waals surface area (Å²) in [5, 5.41) is 5.05. The predicted octanol–water partition coefficient (Wildman–Crippen LogP) is 5.97. The molecule has 3 aromatic carbocycles. The topological polar surface area (TPSA) is 77.5 Å². The lowest BCUT2D eigenvalue weighted by Crippen LogP contribution is -2.21. The van der Waals surface area contributed by atoms with Crippen LogP contribution in [0.15, 0.2) is 79.1 Å². The molecule has 35 heavy (non-hydrogen) atoms. The van der Waals surface area contributed by atoms with Crippen molar-refractivity contribution in [2.75, 3.05) is 11.9 Å². The molecule has 1 atom stereocenters. The zero-order valence-corrected chi connectivity index (χ0v) is 20.1. The van der Waals surface area contributed by atoms with Crippen LogP contribution < -0.4 is 14.8 Å². The van der Waals surface area contributed by atoms with Gasteiger partial charge < -0.3 is 14.8 Å². The molecule has 178 valence electrons. The number of benzene rings is 3. The first-order valence-corrected chi connectivity index (χ1v) is 11.6. The number of nitrogens with one attached hydrogen (secondary N) is 1. The average Bonchev–Trinajstić information content (AvgIpc) is 2.85. The maximum atomic E-state index is 13.0. The van der Waals surface area contributed by atoms with E-state index in [1.165, 1.54) is 0 Å². The highest BCUT2D eigenvalue weighted by atomic mass is 16.6. The largest absolute Gasteiger partial charge is 0.482 e. The lowest BCUT2D eigenvalue weighted by atomic mass is 9.95. The first kappa shape index (κ1) is 24.0. The second-order valence-electron chi connectivity index (χ2n) is 8.49. The van der Waals surface area contributed by atoms with E-state index in [4.69, 9.17) is 9.47 Å². The predicted molar refractivity (Wildman–Crippen MR) is 137 cm³/mol. The Morgan fingerprint density at radius 3 is 2.49 bits per heavy atom. The van der Waals surface area contributed by atoms with Gasteiger partial charge in [-0.2, -0.15) is 0 Å². The molecule has 0 aliphatic carbocycles. The molecule has 1 amide bonds. The Morgan fingerprint density at radius 1 is 0.943 bits per heavy atom. The third-order valence-corrected chi connectivity index (χ3v) is 5.83. The molecule has 0 radical (unpaired) electrons. The number of anilines is 1. The Balaban J connectivity index is 1.35. The minimum absolute atomic E-state index is 0.0772. The molecule has 1 N–H and O–H groups in total. The van der Waals surface area contributed by atoms with Crippen molar-refractivity contribution < 1.29 is 19.1 Å². The summed E-state index contributed by atoms with van der Waals surface area (Å²) in [7, 11) is 0. The molecule has 0 aliphatic rings. The van der Waals surface area contributed by atoms with Crippen molar-refractivity contribution in [3.05, 3.63) is 95.8 Å². The van der Waals surface area contributed by atoms with Crippen LogP contribution in [0.25, 0.3) is 10.8 Å². The minimum atomic E-state index is -0.474. The maximum Gasteiger partial charge on any atom is 0.349 e. The number of amides is 1. The third-order valence-electron chi connectivity index (χ3n) is 5.83. The Kier molecular flexibility index (Phi) is 7.41. The molecule has 6 nitrogen and oxygen atoms in total. The second kappa shape index (κ2) is 10.8. The van der Waals surface area contributed by atoms with E-state index >= 15 is 0 Å². The van der Waals surface area contributed by atoms with Crippen LogP contribution in [0.3, 0.4) is 0 Å². The highest BCUT2D eigenvalue weighted by Gasteiger charge is 2.19. The fourth-order valence-electron chi connectivity index (χ4n) is 3.97. The molecule has 0 bridgehead atoms. The number of hydrogen-bond acceptors (Lipinski definition) is 5. The normalized spacial score (nSPS) is 11.6. The molecule has 0 spiro atoms. The van der Waals surface area contributed by atoms with E-state index in [-0.39, 0.29) is 18.4 Å². The highest BCUT2D eigenvalue weighted by Crippen LogP contribution is 2.26. The maximum absolute atomic E-state index is 13.0. The van der Waals surface area contributed by atoms with Crippen molar-refractivity contribution in [1.29, 1.82) is 0 Å². The van der Waals surface area contributed by atoms with E-state index in [0.29, 0.717) is 17.9 Å². The van der Waals surface area contributed by atoms with E-state index < -0.39 is 5.97 Å². The molecule has 1 unspecified atom stereocenters. The fraction of sp³-hybridized carbons (Fsp3) is 0.207. The molecule has 0 aliphatic heterocycles. The summed E-state index contributed by atoms with van der Waals surface area (Å²) in [5.74, 6) is 0.195. The van der Waals surface area contributed by atoms with Gasteiger partial charge in [-0.25, -0.2) is 4.79 Å². The zero-order chi connectivity index (χ0) is 24.8. The summed E-state index contributed by atoms with van der Waals surface area (Å²) in [6, 6.07) is 20.5. The third kappa shape index (κ3) is 6.03. The lowest BCUT2D eigenvalue weighted by Gasteiger charge is -2.16. The van der Waals surface area contributed by atoms with Crippen molar-refractivity contribution in [2.45, 2.75) is 33.1 Å². The van der Waals surface area contributed by atoms with Crippen LogP contribution in [0.5, 0.6) is 11.5 Å². The summed E-state index contributed by atoms with van der Waals surface area (Å²) in [6.45, 7) is 5.65. The molecule has 6 heteroatoms. The van der Waals surface area contributed by atoms with Crippen LogP contribution in [0.4, 0.5) is 5.69 Å². The van der Waals surface area contributed by atoms with Crippen molar-refractivity contribution in [2.24, 2.45) is 0 Å². The fourth-order valence-corrected chi connectivity index (χ4v) is 3.97. The zero-order valence-electron chi connectivity index (χ0n) is 20.1. The Hall–Kier alpha value is -4.19. The number of rotatable bonds is 8. The monoisotopic (exact) mass is 468 g/mol. The van der Waals surface area contributed by atoms with Crippen LogP contribution in [-0.4, -0.2) is 23.5 Å². The first-order chi connectivity index (χ1) is 16.9. The molecule has 1 heterocycles. The van der Waals surface area contributed by atoms with E-state index in [2.05, 4.69) is 10.3 Å². The van der Waals surface area contributed by atoms with Crippen molar-refractivity contribution >= 4 is 28.3 Å². The molecule has 0 saturated heterocycles. The van der Waals surface area contributed by atoms with E-state index in [1.54, 1.807) is 30.6 Å². The number of hydrogen-bond donors (Lipinski definition) is 1. The summed E-state index contributed by atoms with van der Waals surface area (Å²) in [5.41, 5.74) is 3.62. The van der Waals surface area contributed by atoms with Crippen LogP contribution in [0, 0.1) is 13.8 Å². The van der Waals surface area contributed by atoms with Gasteiger partial charge in [-0.3, -0.25) is 9.78 Å². The number of ether oxygens (including phenoxy) is 2. The van der Waals surface area contributed by atoms with Gasteiger partial charge >= 0.3 is 5.97 Å². The van der Waals surface area contributed by atoms with Crippen molar-refractivity contribution in [3.63, 3.8) is 0 Å². The van der Waals surface area contributed by atoms with Gasteiger partial charge in [0.05, 0.1) is 5.92 Å². The smallest absolute Gasteiger partial charge is 0.349 e. The second-order valence-corrected chi connectivity index (χ2v) is 8.49. The number of aromatic nitrogens is 1. The molecule has 0 saturated carbocycles. The quantitative estimate of drug-likeness (QED) is 0.255. The Labute approximate surface area is 204 Å². The van der Waals surface area contributed by atoms with E-state index in [1.807, 2.05) is 69.3 Å². The number of aryl methyl sites for hydroxylation is 2. The number of pyridine rings is 1. The molecule has 0 fully saturated rings. The van der Waals surface area contributed by atoms with Gasteiger partial charge in [0, 0.05) is 23.5 Å². The van der Waals surface area contributed by atoms with E-state index in [0.717, 1.165) is 33.2 Å². The summed E-state index contributed by atoms with van der Waals surface area (Å²) in [6.07, 6.45) is 4.17. The van der Waals surface area contributed by atoms with Crippen LogP contribution in [-0.2, 0) is 9.59 Å². The van der Waals surface area contributed by atoms with Crippen LogP contribution >= 0.6 is 0 Å². The first-order valence-electron chi connectivity index (χ1n) is 11.6. The number of carbonyl (C=O) groups excluding carboxylic acids is 2.